The summed E-state index contributed by atoms with van der Waals surface area (Å²) in [4.78, 5) is 7.28. The van der Waals surface area contributed by atoms with E-state index in [0.29, 0.717) is 17.6 Å². The molecule has 0 aromatic rings. The number of nitrogens with zero attached hydrogens (tertiary/aromatic N) is 2. The topological polar surface area (TPSA) is 27.6 Å². The molecule has 1 N–H and O–H groups in total. The Balaban J connectivity index is 1.80. The first-order valence-electron chi connectivity index (χ1n) is 7.74. The molecule has 0 atom stereocenters. The van der Waals surface area contributed by atoms with Crippen molar-refractivity contribution >= 4 is 16.9 Å². The van der Waals surface area contributed by atoms with Crippen LogP contribution in [0.25, 0.3) is 0 Å². The lowest BCUT2D eigenvalue weighted by Crippen LogP contribution is -2.41. The Morgan fingerprint density at radius 1 is 1.21 bits per heavy atom. The molecule has 1 heterocycles. The van der Waals surface area contributed by atoms with Crippen LogP contribution in [0.2, 0.25) is 0 Å². The van der Waals surface area contributed by atoms with Crippen molar-refractivity contribution in [2.24, 2.45) is 4.99 Å². The van der Waals surface area contributed by atoms with E-state index in [9.17, 15) is 0 Å². The average molecular weight is 283 g/mol. The van der Waals surface area contributed by atoms with Gasteiger partial charge in [-0.1, -0.05) is 24.6 Å². The molecule has 0 aromatic heterocycles. The number of hydrogen-bond donors (Lipinski definition) is 1. The first kappa shape index (κ1) is 15.2. The second-order valence-corrected chi connectivity index (χ2v) is 7.48. The van der Waals surface area contributed by atoms with Crippen LogP contribution >= 0.6 is 11.8 Å². The van der Waals surface area contributed by atoms with Crippen LogP contribution in [0.3, 0.4) is 0 Å². The smallest absolute Gasteiger partial charge is 0.157 e. The molecule has 1 saturated heterocycles. The third-order valence-corrected chi connectivity index (χ3v) is 5.56. The lowest BCUT2D eigenvalue weighted by atomic mass is 10.0. The van der Waals surface area contributed by atoms with Crippen molar-refractivity contribution in [1.29, 1.82) is 0 Å². The third-order valence-electron chi connectivity index (χ3n) is 4.36. The Labute approximate surface area is 122 Å². The van der Waals surface area contributed by atoms with E-state index < -0.39 is 0 Å². The molecule has 1 spiro atoms. The van der Waals surface area contributed by atoms with Crippen molar-refractivity contribution in [3.05, 3.63) is 0 Å². The van der Waals surface area contributed by atoms with Gasteiger partial charge in [0.05, 0.1) is 6.54 Å². The van der Waals surface area contributed by atoms with Gasteiger partial charge in [0.15, 0.2) is 5.17 Å². The van der Waals surface area contributed by atoms with Gasteiger partial charge in [0.1, 0.15) is 0 Å². The average Bonchev–Trinajstić information content (AvgIpc) is 2.95. The van der Waals surface area contributed by atoms with Gasteiger partial charge in [-0.25, -0.2) is 0 Å². The molecule has 0 radical (unpaired) electrons. The second kappa shape index (κ2) is 6.49. The summed E-state index contributed by atoms with van der Waals surface area (Å²) in [6.45, 7) is 11.1. The molecule has 0 amide bonds. The van der Waals surface area contributed by atoms with Crippen LogP contribution in [-0.4, -0.2) is 46.5 Å². The molecule has 2 rings (SSSR count). The summed E-state index contributed by atoms with van der Waals surface area (Å²) in [6.07, 6.45) is 5.44. The van der Waals surface area contributed by atoms with Crippen molar-refractivity contribution in [1.82, 2.24) is 10.2 Å². The maximum atomic E-state index is 4.77. The minimum atomic E-state index is 0.402. The lowest BCUT2D eigenvalue weighted by molar-refractivity contribution is 0.181. The molecule has 110 valence electrons. The number of rotatable bonds is 5. The normalized spacial score (nSPS) is 24.3. The largest absolute Gasteiger partial charge is 0.359 e. The van der Waals surface area contributed by atoms with Crippen LogP contribution in [0, 0.1) is 0 Å². The molecular weight excluding hydrogens is 254 g/mol. The molecule has 2 fully saturated rings. The van der Waals surface area contributed by atoms with Crippen molar-refractivity contribution in [3.8, 4) is 0 Å². The summed E-state index contributed by atoms with van der Waals surface area (Å²) < 4.78 is 0. The molecule has 0 unspecified atom stereocenters. The SMILES string of the molecule is CC(C)N(CCN=C1NC2(CCCC2)CS1)C(C)C. The Bertz CT molecular complexity index is 311. The lowest BCUT2D eigenvalue weighted by Gasteiger charge is -2.29. The monoisotopic (exact) mass is 283 g/mol. The first-order valence-corrected chi connectivity index (χ1v) is 8.72. The predicted molar refractivity (Wildman–Crippen MR) is 86.1 cm³/mol. The molecule has 4 heteroatoms. The Morgan fingerprint density at radius 3 is 2.42 bits per heavy atom. The van der Waals surface area contributed by atoms with E-state index >= 15 is 0 Å². The fraction of sp³-hybridized carbons (Fsp3) is 0.933. The maximum Gasteiger partial charge on any atom is 0.157 e. The zero-order chi connectivity index (χ0) is 13.9. The Hall–Kier alpha value is -0.220. The fourth-order valence-electron chi connectivity index (χ4n) is 3.29. The second-order valence-electron chi connectivity index (χ2n) is 6.51. The van der Waals surface area contributed by atoms with Crippen molar-refractivity contribution in [2.75, 3.05) is 18.8 Å². The zero-order valence-corrected chi connectivity index (χ0v) is 13.7. The van der Waals surface area contributed by atoms with Gasteiger partial charge in [-0.05, 0) is 40.5 Å². The molecular formula is C15H29N3S. The highest BCUT2D eigenvalue weighted by Crippen LogP contribution is 2.37. The van der Waals surface area contributed by atoms with Crippen molar-refractivity contribution in [2.45, 2.75) is 71.0 Å². The summed E-state index contributed by atoms with van der Waals surface area (Å²) in [5.41, 5.74) is 0.402. The van der Waals surface area contributed by atoms with E-state index in [0.717, 1.165) is 13.1 Å². The zero-order valence-electron chi connectivity index (χ0n) is 12.9. The van der Waals surface area contributed by atoms with Crippen LogP contribution in [0.1, 0.15) is 53.4 Å². The van der Waals surface area contributed by atoms with Gasteiger partial charge in [0.2, 0.25) is 0 Å². The highest BCUT2D eigenvalue weighted by Gasteiger charge is 2.39. The van der Waals surface area contributed by atoms with E-state index in [1.54, 1.807) is 0 Å². The van der Waals surface area contributed by atoms with Crippen LogP contribution in [0.5, 0.6) is 0 Å². The van der Waals surface area contributed by atoms with Crippen LogP contribution in [0.4, 0.5) is 0 Å². The van der Waals surface area contributed by atoms with Gasteiger partial charge in [-0.2, -0.15) is 0 Å². The van der Waals surface area contributed by atoms with E-state index in [1.807, 2.05) is 11.8 Å². The highest BCUT2D eigenvalue weighted by molar-refractivity contribution is 8.14. The minimum absolute atomic E-state index is 0.402. The number of hydrogen-bond acceptors (Lipinski definition) is 3. The third kappa shape index (κ3) is 3.88. The standard InChI is InChI=1S/C15H29N3S/c1-12(2)18(13(3)4)10-9-16-14-17-15(11-19-14)7-5-6-8-15/h12-13H,5-11H2,1-4H3,(H,16,17). The molecule has 1 aliphatic carbocycles. The summed E-state index contributed by atoms with van der Waals surface area (Å²) in [5.74, 6) is 1.23. The number of amidine groups is 1. The summed E-state index contributed by atoms with van der Waals surface area (Å²) in [5, 5.41) is 4.88. The predicted octanol–water partition coefficient (Wildman–Crippen LogP) is 3.11. The number of aliphatic imine (C=N–C) groups is 1. The number of thioether (sulfide) groups is 1. The maximum absolute atomic E-state index is 4.77. The highest BCUT2D eigenvalue weighted by atomic mass is 32.2. The van der Waals surface area contributed by atoms with Gasteiger partial charge in [-0.15, -0.1) is 0 Å². The van der Waals surface area contributed by atoms with Crippen LogP contribution in [-0.2, 0) is 0 Å². The van der Waals surface area contributed by atoms with Crippen LogP contribution in [0.15, 0.2) is 4.99 Å². The van der Waals surface area contributed by atoms with E-state index in [4.69, 9.17) is 4.99 Å². The summed E-state index contributed by atoms with van der Waals surface area (Å²) in [7, 11) is 0. The van der Waals surface area contributed by atoms with Gasteiger partial charge in [0.25, 0.3) is 0 Å². The molecule has 0 aromatic carbocycles. The Kier molecular flexibility index (Phi) is 5.18. The fourth-order valence-corrected chi connectivity index (χ4v) is 4.54. The Morgan fingerprint density at radius 2 is 1.84 bits per heavy atom. The minimum Gasteiger partial charge on any atom is -0.359 e. The van der Waals surface area contributed by atoms with Crippen LogP contribution < -0.4 is 5.32 Å². The molecule has 1 saturated carbocycles. The first-order chi connectivity index (χ1) is 9.02. The number of nitrogens with one attached hydrogen (secondary N) is 1. The summed E-state index contributed by atoms with van der Waals surface area (Å²) >= 11 is 1.93. The van der Waals surface area contributed by atoms with Gasteiger partial charge in [-0.3, -0.25) is 9.89 Å². The molecule has 2 aliphatic rings. The quantitative estimate of drug-likeness (QED) is 0.840. The van der Waals surface area contributed by atoms with E-state index in [2.05, 4.69) is 37.9 Å². The van der Waals surface area contributed by atoms with Gasteiger partial charge >= 0.3 is 0 Å². The molecule has 1 aliphatic heterocycles. The van der Waals surface area contributed by atoms with Crippen molar-refractivity contribution < 1.29 is 0 Å². The molecule has 19 heavy (non-hydrogen) atoms. The van der Waals surface area contributed by atoms with E-state index in [1.165, 1.54) is 36.6 Å². The van der Waals surface area contributed by atoms with Crippen molar-refractivity contribution in [3.63, 3.8) is 0 Å². The molecule has 3 nitrogen and oxygen atoms in total. The molecule has 0 bridgehead atoms. The van der Waals surface area contributed by atoms with Gasteiger partial charge in [0, 0.05) is 29.9 Å². The van der Waals surface area contributed by atoms with Gasteiger partial charge < -0.3 is 5.32 Å². The summed E-state index contributed by atoms with van der Waals surface area (Å²) in [6, 6.07) is 1.20. The van der Waals surface area contributed by atoms with E-state index in [-0.39, 0.29) is 0 Å².